The monoisotopic (exact) mass is 623 g/mol. The van der Waals surface area contributed by atoms with Gasteiger partial charge < -0.3 is 9.73 Å². The highest BCUT2D eigenvalue weighted by Gasteiger charge is 2.27. The minimum atomic E-state index is -4.12. The van der Waals surface area contributed by atoms with Crippen molar-refractivity contribution in [2.24, 2.45) is 5.10 Å². The number of rotatable bonds is 13. The SMILES string of the molecule is CC(=O)Nc1ccc(S(=O)(=O)N(CC(=O)N/N=C\c2ccc(CNS(=O)(=O)c3ccccc3)o2)Cc2ccccc2)cc1. The number of benzene rings is 3. The van der Waals surface area contributed by atoms with Crippen molar-refractivity contribution in [2.45, 2.75) is 29.8 Å². The predicted molar refractivity (Wildman–Crippen MR) is 160 cm³/mol. The van der Waals surface area contributed by atoms with Crippen LogP contribution in [0.2, 0.25) is 0 Å². The Morgan fingerprint density at radius 1 is 0.837 bits per heavy atom. The molecule has 224 valence electrons. The first kappa shape index (κ1) is 31.3. The van der Waals surface area contributed by atoms with E-state index >= 15 is 0 Å². The Bertz CT molecular complexity index is 1790. The molecule has 4 aromatic rings. The molecular formula is C29H29N5O7S2. The van der Waals surface area contributed by atoms with Crippen LogP contribution in [0.1, 0.15) is 24.0 Å². The lowest BCUT2D eigenvalue weighted by Crippen LogP contribution is -2.39. The average molecular weight is 624 g/mol. The largest absolute Gasteiger partial charge is 0.459 e. The van der Waals surface area contributed by atoms with E-state index in [1.54, 1.807) is 60.7 Å². The van der Waals surface area contributed by atoms with Gasteiger partial charge in [-0.05, 0) is 54.1 Å². The van der Waals surface area contributed by atoms with Crippen LogP contribution in [0.25, 0.3) is 0 Å². The first-order chi connectivity index (χ1) is 20.5. The molecule has 1 aromatic heterocycles. The van der Waals surface area contributed by atoms with Crippen LogP contribution in [-0.2, 0) is 42.7 Å². The number of nitrogens with zero attached hydrogens (tertiary/aromatic N) is 2. The molecule has 4 rings (SSSR count). The molecule has 0 aliphatic carbocycles. The molecule has 14 heteroatoms. The van der Waals surface area contributed by atoms with Crippen LogP contribution in [0.5, 0.6) is 0 Å². The van der Waals surface area contributed by atoms with Gasteiger partial charge in [0.05, 0.1) is 29.1 Å². The summed E-state index contributed by atoms with van der Waals surface area (Å²) in [5, 5.41) is 6.42. The van der Waals surface area contributed by atoms with Crippen LogP contribution in [0.3, 0.4) is 0 Å². The summed E-state index contributed by atoms with van der Waals surface area (Å²) in [5.74, 6) is -0.441. The van der Waals surface area contributed by atoms with Crippen molar-refractivity contribution in [3.05, 3.63) is 114 Å². The second kappa shape index (κ2) is 14.0. The molecule has 1 heterocycles. The molecule has 0 aliphatic heterocycles. The molecule has 0 spiro atoms. The van der Waals surface area contributed by atoms with Crippen molar-refractivity contribution in [2.75, 3.05) is 11.9 Å². The highest BCUT2D eigenvalue weighted by Crippen LogP contribution is 2.21. The van der Waals surface area contributed by atoms with Crippen LogP contribution in [0.4, 0.5) is 5.69 Å². The standard InChI is InChI=1S/C29H29N5O7S2/c1-22(35)32-24-12-16-28(17-13-24)43(39,40)34(20-23-8-4-2-5-9-23)21-29(36)33-30-18-25-14-15-26(41-25)19-31-42(37,38)27-10-6-3-7-11-27/h2-18,31H,19-21H2,1H3,(H,32,35)(H,33,36)/b30-18-. The summed E-state index contributed by atoms with van der Waals surface area (Å²) in [4.78, 5) is 24.1. The molecule has 3 N–H and O–H groups in total. The number of carbonyl (C=O) groups is 2. The second-order valence-corrected chi connectivity index (χ2v) is 12.9. The Kier molecular flexibility index (Phi) is 10.2. The number of furan rings is 1. The topological polar surface area (TPSA) is 167 Å². The van der Waals surface area contributed by atoms with E-state index in [0.29, 0.717) is 17.0 Å². The summed E-state index contributed by atoms with van der Waals surface area (Å²) in [5.41, 5.74) is 3.40. The molecule has 0 bridgehead atoms. The van der Waals surface area contributed by atoms with Crippen molar-refractivity contribution in [1.29, 1.82) is 0 Å². The van der Waals surface area contributed by atoms with Crippen LogP contribution < -0.4 is 15.5 Å². The van der Waals surface area contributed by atoms with E-state index < -0.39 is 32.5 Å². The number of hydrazone groups is 1. The van der Waals surface area contributed by atoms with Crippen molar-refractivity contribution >= 4 is 43.8 Å². The Morgan fingerprint density at radius 3 is 2.14 bits per heavy atom. The van der Waals surface area contributed by atoms with Gasteiger partial charge in [-0.1, -0.05) is 48.5 Å². The highest BCUT2D eigenvalue weighted by atomic mass is 32.2. The maximum absolute atomic E-state index is 13.5. The van der Waals surface area contributed by atoms with Crippen molar-refractivity contribution in [3.8, 4) is 0 Å². The van der Waals surface area contributed by atoms with Gasteiger partial charge in [-0.2, -0.15) is 9.41 Å². The highest BCUT2D eigenvalue weighted by molar-refractivity contribution is 7.89. The molecule has 43 heavy (non-hydrogen) atoms. The number of carbonyl (C=O) groups excluding carboxylic acids is 2. The third-order valence-corrected chi connectivity index (χ3v) is 9.11. The first-order valence-electron chi connectivity index (χ1n) is 12.9. The number of nitrogens with one attached hydrogen (secondary N) is 3. The number of hydrogen-bond acceptors (Lipinski definition) is 8. The molecule has 0 saturated carbocycles. The number of sulfonamides is 2. The molecule has 12 nitrogen and oxygen atoms in total. The fourth-order valence-corrected chi connectivity index (χ4v) is 6.25. The maximum atomic E-state index is 13.5. The Balaban J connectivity index is 1.39. The van der Waals surface area contributed by atoms with E-state index in [9.17, 15) is 26.4 Å². The van der Waals surface area contributed by atoms with Crippen molar-refractivity contribution in [3.63, 3.8) is 0 Å². The summed E-state index contributed by atoms with van der Waals surface area (Å²) in [7, 11) is -7.84. The lowest BCUT2D eigenvalue weighted by atomic mass is 10.2. The molecule has 0 aliphatic rings. The summed E-state index contributed by atoms with van der Waals surface area (Å²) < 4.78 is 60.7. The van der Waals surface area contributed by atoms with Gasteiger partial charge in [-0.15, -0.1) is 0 Å². The van der Waals surface area contributed by atoms with Gasteiger partial charge >= 0.3 is 0 Å². The number of hydrogen-bond donors (Lipinski definition) is 3. The lowest BCUT2D eigenvalue weighted by molar-refractivity contribution is -0.121. The summed E-state index contributed by atoms with van der Waals surface area (Å²) in [6.07, 6.45) is 1.21. The minimum absolute atomic E-state index is 0.0557. The Labute approximate surface area is 249 Å². The van der Waals surface area contributed by atoms with E-state index in [1.807, 2.05) is 0 Å². The first-order valence-corrected chi connectivity index (χ1v) is 15.8. The van der Waals surface area contributed by atoms with Crippen LogP contribution in [0.15, 0.2) is 116 Å². The van der Waals surface area contributed by atoms with Crippen LogP contribution in [0, 0.1) is 0 Å². The van der Waals surface area contributed by atoms with Gasteiger partial charge in [0.1, 0.15) is 11.5 Å². The van der Waals surface area contributed by atoms with Gasteiger partial charge in [0.2, 0.25) is 26.0 Å². The zero-order chi connectivity index (χ0) is 30.9. The van der Waals surface area contributed by atoms with Gasteiger partial charge in [-0.25, -0.2) is 27.0 Å². The average Bonchev–Trinajstić information content (AvgIpc) is 3.44. The van der Waals surface area contributed by atoms with E-state index in [0.717, 1.165) is 4.31 Å². The molecule has 0 radical (unpaired) electrons. The third-order valence-electron chi connectivity index (χ3n) is 5.89. The van der Waals surface area contributed by atoms with Crippen molar-refractivity contribution < 1.29 is 30.8 Å². The Morgan fingerprint density at radius 2 is 1.49 bits per heavy atom. The fraction of sp³-hybridized carbons (Fsp3) is 0.138. The Hall–Kier alpha value is -4.63. The zero-order valence-electron chi connectivity index (χ0n) is 23.0. The molecule has 0 unspecified atom stereocenters. The molecular weight excluding hydrogens is 594 g/mol. The zero-order valence-corrected chi connectivity index (χ0v) is 24.6. The maximum Gasteiger partial charge on any atom is 0.255 e. The van der Waals surface area contributed by atoms with E-state index in [1.165, 1.54) is 49.5 Å². The molecule has 2 amide bonds. The lowest BCUT2D eigenvalue weighted by Gasteiger charge is -2.21. The quantitative estimate of drug-likeness (QED) is 0.152. The predicted octanol–water partition coefficient (Wildman–Crippen LogP) is 3.06. The number of amides is 2. The molecule has 0 saturated heterocycles. The molecule has 0 fully saturated rings. The summed E-state index contributed by atoms with van der Waals surface area (Å²) in [6, 6.07) is 25.4. The van der Waals surface area contributed by atoms with E-state index in [4.69, 9.17) is 4.42 Å². The third kappa shape index (κ3) is 8.93. The van der Waals surface area contributed by atoms with E-state index in [-0.39, 0.29) is 34.5 Å². The normalized spacial score (nSPS) is 12.0. The van der Waals surface area contributed by atoms with Gasteiger partial charge in [0.25, 0.3) is 5.91 Å². The molecule has 0 atom stereocenters. The summed E-state index contributed by atoms with van der Waals surface area (Å²) >= 11 is 0. The second-order valence-electron chi connectivity index (χ2n) is 9.20. The van der Waals surface area contributed by atoms with Crippen LogP contribution >= 0.6 is 0 Å². The fourth-order valence-electron chi connectivity index (χ4n) is 3.85. The van der Waals surface area contributed by atoms with Crippen molar-refractivity contribution in [1.82, 2.24) is 14.5 Å². The van der Waals surface area contributed by atoms with Gasteiger partial charge in [-0.3, -0.25) is 9.59 Å². The van der Waals surface area contributed by atoms with Gasteiger partial charge in [0, 0.05) is 19.2 Å². The molecule has 3 aromatic carbocycles. The minimum Gasteiger partial charge on any atom is -0.459 e. The number of anilines is 1. The summed E-state index contributed by atoms with van der Waals surface area (Å²) in [6.45, 7) is 0.631. The smallest absolute Gasteiger partial charge is 0.255 e. The van der Waals surface area contributed by atoms with Gasteiger partial charge in [0.15, 0.2) is 0 Å². The van der Waals surface area contributed by atoms with E-state index in [2.05, 4.69) is 20.6 Å². The van der Waals surface area contributed by atoms with Crippen LogP contribution in [-0.4, -0.2) is 45.7 Å².